The van der Waals surface area contributed by atoms with Crippen molar-refractivity contribution in [1.29, 1.82) is 0 Å². The molecule has 2 N–H and O–H groups in total. The zero-order chi connectivity index (χ0) is 12.1. The van der Waals surface area contributed by atoms with Crippen molar-refractivity contribution >= 4 is 5.69 Å². The Balaban J connectivity index is 2.01. The van der Waals surface area contributed by atoms with Crippen LogP contribution in [0.5, 0.6) is 17.2 Å². The van der Waals surface area contributed by atoms with Crippen LogP contribution >= 0.6 is 0 Å². The first kappa shape index (κ1) is 11.9. The number of nitrogen functional groups attached to an aromatic ring is 1. The number of ether oxygens (including phenoxy) is 4. The molecule has 1 aromatic rings. The average Bonchev–Trinajstić information content (AvgIpc) is 2.35. The van der Waals surface area contributed by atoms with Gasteiger partial charge in [-0.2, -0.15) is 0 Å². The van der Waals surface area contributed by atoms with Crippen molar-refractivity contribution in [1.82, 2.24) is 0 Å². The van der Waals surface area contributed by atoms with Crippen molar-refractivity contribution in [2.45, 2.75) is 6.42 Å². The van der Waals surface area contributed by atoms with Gasteiger partial charge >= 0.3 is 0 Å². The van der Waals surface area contributed by atoms with E-state index in [2.05, 4.69) is 0 Å². The third-order valence-corrected chi connectivity index (χ3v) is 2.42. The van der Waals surface area contributed by atoms with Gasteiger partial charge in [0.05, 0.1) is 12.3 Å². The second kappa shape index (κ2) is 5.63. The van der Waals surface area contributed by atoms with E-state index < -0.39 is 0 Å². The maximum absolute atomic E-state index is 5.87. The first-order chi connectivity index (χ1) is 8.31. The van der Waals surface area contributed by atoms with Crippen LogP contribution in [-0.4, -0.2) is 33.5 Å². The Kier molecular flexibility index (Phi) is 3.93. The minimum atomic E-state index is 0.556. The zero-order valence-electron chi connectivity index (χ0n) is 9.90. The van der Waals surface area contributed by atoms with Gasteiger partial charge in [0.1, 0.15) is 19.0 Å². The van der Waals surface area contributed by atoms with Crippen LogP contribution in [0, 0.1) is 0 Å². The van der Waals surface area contributed by atoms with Crippen LogP contribution in [0.15, 0.2) is 12.1 Å². The smallest absolute Gasteiger partial charge is 0.165 e. The Hall–Kier alpha value is -1.62. The lowest BCUT2D eigenvalue weighted by Gasteiger charge is -2.20. The van der Waals surface area contributed by atoms with Crippen LogP contribution in [0.4, 0.5) is 5.69 Å². The van der Waals surface area contributed by atoms with Gasteiger partial charge in [0.25, 0.3) is 0 Å². The van der Waals surface area contributed by atoms with Crippen LogP contribution < -0.4 is 19.9 Å². The molecule has 5 nitrogen and oxygen atoms in total. The van der Waals surface area contributed by atoms with Crippen LogP contribution in [0.1, 0.15) is 6.42 Å². The van der Waals surface area contributed by atoms with Gasteiger partial charge in [-0.25, -0.2) is 0 Å². The van der Waals surface area contributed by atoms with E-state index in [1.807, 2.05) is 0 Å². The predicted octanol–water partition coefficient (Wildman–Crippen LogP) is 1.46. The van der Waals surface area contributed by atoms with Crippen molar-refractivity contribution < 1.29 is 18.9 Å². The molecule has 94 valence electrons. The quantitative estimate of drug-likeness (QED) is 0.622. The maximum atomic E-state index is 5.87. The number of benzene rings is 1. The fourth-order valence-corrected chi connectivity index (χ4v) is 1.60. The van der Waals surface area contributed by atoms with E-state index in [0.717, 1.165) is 6.42 Å². The fraction of sp³-hybridized carbons (Fsp3) is 0.500. The number of hydrogen-bond donors (Lipinski definition) is 1. The second-order valence-corrected chi connectivity index (χ2v) is 3.73. The van der Waals surface area contributed by atoms with E-state index in [1.165, 1.54) is 0 Å². The molecule has 0 spiro atoms. The van der Waals surface area contributed by atoms with Gasteiger partial charge < -0.3 is 24.7 Å². The molecule has 5 heteroatoms. The Bertz CT molecular complexity index is 381. The SMILES string of the molecule is COCCCOc1cc2c(cc1N)OCCO2. The lowest BCUT2D eigenvalue weighted by atomic mass is 10.2. The van der Waals surface area contributed by atoms with E-state index in [1.54, 1.807) is 19.2 Å². The van der Waals surface area contributed by atoms with E-state index in [-0.39, 0.29) is 0 Å². The summed E-state index contributed by atoms with van der Waals surface area (Å²) < 4.78 is 21.4. The molecule has 1 aromatic carbocycles. The Morgan fingerprint density at radius 2 is 1.88 bits per heavy atom. The van der Waals surface area contributed by atoms with Gasteiger partial charge in [0.2, 0.25) is 0 Å². The number of anilines is 1. The monoisotopic (exact) mass is 239 g/mol. The summed E-state index contributed by atoms with van der Waals surface area (Å²) in [4.78, 5) is 0. The highest BCUT2D eigenvalue weighted by Crippen LogP contribution is 2.38. The molecule has 2 rings (SSSR count). The summed E-state index contributed by atoms with van der Waals surface area (Å²) in [5, 5.41) is 0. The fourth-order valence-electron chi connectivity index (χ4n) is 1.60. The normalized spacial score (nSPS) is 13.5. The Morgan fingerprint density at radius 1 is 1.18 bits per heavy atom. The molecule has 1 heterocycles. The molecule has 0 fully saturated rings. The number of fused-ring (bicyclic) bond motifs is 1. The molecule has 17 heavy (non-hydrogen) atoms. The third-order valence-electron chi connectivity index (χ3n) is 2.42. The molecule has 0 amide bonds. The molecular formula is C12H17NO4. The highest BCUT2D eigenvalue weighted by Gasteiger charge is 2.15. The molecule has 0 radical (unpaired) electrons. The summed E-state index contributed by atoms with van der Waals surface area (Å²) in [7, 11) is 1.67. The van der Waals surface area contributed by atoms with Crippen LogP contribution in [-0.2, 0) is 4.74 Å². The standard InChI is InChI=1S/C12H17NO4/c1-14-3-2-4-15-10-8-12-11(7-9(10)13)16-5-6-17-12/h7-8H,2-6,13H2,1H3. The van der Waals surface area contributed by atoms with Crippen molar-refractivity contribution in [2.24, 2.45) is 0 Å². The average molecular weight is 239 g/mol. The summed E-state index contributed by atoms with van der Waals surface area (Å²) in [5.41, 5.74) is 6.43. The first-order valence-corrected chi connectivity index (χ1v) is 5.62. The van der Waals surface area contributed by atoms with E-state index in [9.17, 15) is 0 Å². The predicted molar refractivity (Wildman–Crippen MR) is 63.8 cm³/mol. The van der Waals surface area contributed by atoms with Gasteiger partial charge in [-0.1, -0.05) is 0 Å². The maximum Gasteiger partial charge on any atom is 0.165 e. The number of hydrogen-bond acceptors (Lipinski definition) is 5. The topological polar surface area (TPSA) is 62.9 Å². The third kappa shape index (κ3) is 2.94. The highest BCUT2D eigenvalue weighted by molar-refractivity contribution is 5.62. The molecule has 1 aliphatic heterocycles. The second-order valence-electron chi connectivity index (χ2n) is 3.73. The first-order valence-electron chi connectivity index (χ1n) is 5.62. The van der Waals surface area contributed by atoms with Gasteiger partial charge in [-0.3, -0.25) is 0 Å². The largest absolute Gasteiger partial charge is 0.491 e. The van der Waals surface area contributed by atoms with Gasteiger partial charge in [-0.15, -0.1) is 0 Å². The van der Waals surface area contributed by atoms with E-state index >= 15 is 0 Å². The number of rotatable bonds is 5. The van der Waals surface area contributed by atoms with Crippen LogP contribution in [0.25, 0.3) is 0 Å². The molecule has 0 unspecified atom stereocenters. The molecule has 0 atom stereocenters. The number of nitrogens with two attached hydrogens (primary N) is 1. The van der Waals surface area contributed by atoms with Gasteiger partial charge in [0.15, 0.2) is 11.5 Å². The van der Waals surface area contributed by atoms with Crippen molar-refractivity contribution in [3.05, 3.63) is 12.1 Å². The van der Waals surface area contributed by atoms with Crippen molar-refractivity contribution in [2.75, 3.05) is 39.3 Å². The summed E-state index contributed by atoms with van der Waals surface area (Å²) in [5.74, 6) is 2.00. The molecule has 0 saturated carbocycles. The lowest BCUT2D eigenvalue weighted by Crippen LogP contribution is -2.16. The molecule has 0 bridgehead atoms. The zero-order valence-corrected chi connectivity index (χ0v) is 9.90. The van der Waals surface area contributed by atoms with Crippen LogP contribution in [0.3, 0.4) is 0 Å². The van der Waals surface area contributed by atoms with Gasteiger partial charge in [-0.05, 0) is 0 Å². The van der Waals surface area contributed by atoms with E-state index in [0.29, 0.717) is 49.4 Å². The Labute approximate surface area is 100 Å². The molecule has 0 aromatic heterocycles. The molecule has 0 aliphatic carbocycles. The summed E-state index contributed by atoms with van der Waals surface area (Å²) in [6.07, 6.45) is 0.824. The summed E-state index contributed by atoms with van der Waals surface area (Å²) >= 11 is 0. The lowest BCUT2D eigenvalue weighted by molar-refractivity contribution is 0.166. The minimum Gasteiger partial charge on any atom is -0.491 e. The minimum absolute atomic E-state index is 0.556. The molecular weight excluding hydrogens is 222 g/mol. The van der Waals surface area contributed by atoms with Crippen LogP contribution in [0.2, 0.25) is 0 Å². The van der Waals surface area contributed by atoms with Crippen molar-refractivity contribution in [3.8, 4) is 17.2 Å². The molecule has 1 aliphatic rings. The van der Waals surface area contributed by atoms with Crippen molar-refractivity contribution in [3.63, 3.8) is 0 Å². The highest BCUT2D eigenvalue weighted by atomic mass is 16.6. The van der Waals surface area contributed by atoms with E-state index in [4.69, 9.17) is 24.7 Å². The Morgan fingerprint density at radius 3 is 2.59 bits per heavy atom. The summed E-state index contributed by atoms with van der Waals surface area (Å²) in [6.45, 7) is 2.35. The summed E-state index contributed by atoms with van der Waals surface area (Å²) in [6, 6.07) is 3.51. The van der Waals surface area contributed by atoms with Gasteiger partial charge in [0, 0.05) is 32.3 Å². The molecule has 0 saturated heterocycles. The number of methoxy groups -OCH3 is 1.